The van der Waals surface area contributed by atoms with Gasteiger partial charge in [-0.25, -0.2) is 4.79 Å². The quantitative estimate of drug-likeness (QED) is 0.812. The van der Waals surface area contributed by atoms with Crippen LogP contribution in [0, 0.1) is 6.92 Å². The van der Waals surface area contributed by atoms with Crippen LogP contribution in [0.4, 0.5) is 13.2 Å². The van der Waals surface area contributed by atoms with E-state index in [0.29, 0.717) is 11.3 Å². The van der Waals surface area contributed by atoms with Crippen molar-refractivity contribution < 1.29 is 23.1 Å². The largest absolute Gasteiger partial charge is 0.478 e. The van der Waals surface area contributed by atoms with Gasteiger partial charge in [0, 0.05) is 17.8 Å². The maximum Gasteiger partial charge on any atom is 0.408 e. The Morgan fingerprint density at radius 1 is 1.62 bits per heavy atom. The molecule has 0 radical (unpaired) electrons. The number of rotatable bonds is 3. The monoisotopic (exact) mass is 234 g/mol. The molecule has 1 aromatic heterocycles. The number of carbonyl (C=O) groups is 1. The summed E-state index contributed by atoms with van der Waals surface area (Å²) in [5, 5.41) is 12.0. The van der Waals surface area contributed by atoms with Crippen molar-refractivity contribution in [2.75, 3.05) is 0 Å². The minimum Gasteiger partial charge on any atom is -0.478 e. The summed E-state index contributed by atoms with van der Waals surface area (Å²) < 4.78 is 36.8. The van der Waals surface area contributed by atoms with E-state index in [1.807, 2.05) is 0 Å². The highest BCUT2D eigenvalue weighted by Gasteiger charge is 2.28. The summed E-state index contributed by atoms with van der Waals surface area (Å²) in [5.41, 5.74) is 0.702. The highest BCUT2D eigenvalue weighted by molar-refractivity contribution is 5.85. The van der Waals surface area contributed by atoms with Gasteiger partial charge in [0.2, 0.25) is 0 Å². The SMILES string of the molecule is Cc1nn(CC(F)(F)F)cc1C=CC(=O)O. The van der Waals surface area contributed by atoms with Gasteiger partial charge in [-0.2, -0.15) is 18.3 Å². The Hall–Kier alpha value is -1.79. The number of nitrogens with zero attached hydrogens (tertiary/aromatic N) is 2. The Bertz CT molecular complexity index is 421. The molecule has 0 bridgehead atoms. The lowest BCUT2D eigenvalue weighted by molar-refractivity contribution is -0.142. The number of hydrogen-bond acceptors (Lipinski definition) is 2. The second-order valence-corrected chi connectivity index (χ2v) is 3.15. The van der Waals surface area contributed by atoms with Crippen molar-refractivity contribution in [2.45, 2.75) is 19.6 Å². The van der Waals surface area contributed by atoms with Gasteiger partial charge in [-0.05, 0) is 13.0 Å². The first-order valence-corrected chi connectivity index (χ1v) is 4.30. The lowest BCUT2D eigenvalue weighted by Gasteiger charge is -2.04. The molecule has 88 valence electrons. The maximum atomic E-state index is 12.0. The zero-order chi connectivity index (χ0) is 12.3. The molecule has 0 atom stereocenters. The number of hydrogen-bond donors (Lipinski definition) is 1. The van der Waals surface area contributed by atoms with Crippen LogP contribution in [0.1, 0.15) is 11.3 Å². The molecule has 7 heteroatoms. The molecule has 4 nitrogen and oxygen atoms in total. The van der Waals surface area contributed by atoms with Crippen LogP contribution in [0.25, 0.3) is 6.08 Å². The third-order valence-corrected chi connectivity index (χ3v) is 1.73. The fourth-order valence-electron chi connectivity index (χ4n) is 1.12. The maximum absolute atomic E-state index is 12.0. The van der Waals surface area contributed by atoms with Crippen LogP contribution in [0.15, 0.2) is 12.3 Å². The molecule has 0 aliphatic heterocycles. The standard InChI is InChI=1S/C9H9F3N2O2/c1-6-7(2-3-8(15)16)4-14(13-6)5-9(10,11)12/h2-4H,5H2,1H3,(H,15,16). The summed E-state index contributed by atoms with van der Waals surface area (Å²) in [6.07, 6.45) is -1.13. The fourth-order valence-corrected chi connectivity index (χ4v) is 1.12. The van der Waals surface area contributed by atoms with E-state index in [1.54, 1.807) is 0 Å². The third kappa shape index (κ3) is 3.76. The lowest BCUT2D eigenvalue weighted by atomic mass is 10.2. The number of carboxylic acids is 1. The summed E-state index contributed by atoms with van der Waals surface area (Å²) in [4.78, 5) is 10.2. The van der Waals surface area contributed by atoms with Gasteiger partial charge < -0.3 is 5.11 Å². The first kappa shape index (κ1) is 12.3. The normalized spacial score (nSPS) is 12.2. The van der Waals surface area contributed by atoms with E-state index in [4.69, 9.17) is 5.11 Å². The van der Waals surface area contributed by atoms with Crippen LogP contribution in [-0.2, 0) is 11.3 Å². The summed E-state index contributed by atoms with van der Waals surface area (Å²) in [7, 11) is 0. The summed E-state index contributed by atoms with van der Waals surface area (Å²) in [6, 6.07) is 0. The van der Waals surface area contributed by atoms with E-state index in [2.05, 4.69) is 5.10 Å². The molecule has 0 aliphatic carbocycles. The van der Waals surface area contributed by atoms with Crippen LogP contribution < -0.4 is 0 Å². The molecule has 0 spiro atoms. The van der Waals surface area contributed by atoms with Crippen LogP contribution in [0.2, 0.25) is 0 Å². The molecule has 0 aliphatic rings. The van der Waals surface area contributed by atoms with Crippen LogP contribution >= 0.6 is 0 Å². The first-order valence-electron chi connectivity index (χ1n) is 4.30. The van der Waals surface area contributed by atoms with Gasteiger partial charge in [0.05, 0.1) is 5.69 Å². The van der Waals surface area contributed by atoms with Gasteiger partial charge in [0.1, 0.15) is 6.54 Å². The van der Waals surface area contributed by atoms with Crippen LogP contribution in [-0.4, -0.2) is 27.0 Å². The van der Waals surface area contributed by atoms with Crippen molar-refractivity contribution in [3.05, 3.63) is 23.5 Å². The second-order valence-electron chi connectivity index (χ2n) is 3.15. The van der Waals surface area contributed by atoms with Crippen LogP contribution in [0.3, 0.4) is 0 Å². The van der Waals surface area contributed by atoms with E-state index >= 15 is 0 Å². The number of carboxylic acid groups (broad SMARTS) is 1. The Labute approximate surface area is 89.0 Å². The zero-order valence-corrected chi connectivity index (χ0v) is 8.32. The predicted octanol–water partition coefficient (Wildman–Crippen LogP) is 1.85. The Balaban J connectivity index is 2.86. The van der Waals surface area contributed by atoms with Crippen molar-refractivity contribution in [3.63, 3.8) is 0 Å². The molecule has 1 rings (SSSR count). The van der Waals surface area contributed by atoms with E-state index in [0.717, 1.165) is 17.0 Å². The van der Waals surface area contributed by atoms with Crippen molar-refractivity contribution in [1.29, 1.82) is 0 Å². The van der Waals surface area contributed by atoms with Gasteiger partial charge in [-0.15, -0.1) is 0 Å². The Kier molecular flexibility index (Phi) is 3.36. The van der Waals surface area contributed by atoms with Crippen molar-refractivity contribution >= 4 is 12.0 Å². The molecule has 1 N–H and O–H groups in total. The number of aryl methyl sites for hydroxylation is 1. The smallest absolute Gasteiger partial charge is 0.408 e. The molecule has 0 amide bonds. The van der Waals surface area contributed by atoms with E-state index in [-0.39, 0.29) is 0 Å². The molecule has 0 unspecified atom stereocenters. The number of aromatic nitrogens is 2. The summed E-state index contributed by atoms with van der Waals surface area (Å²) in [6.45, 7) is 0.323. The van der Waals surface area contributed by atoms with Crippen molar-refractivity contribution in [1.82, 2.24) is 9.78 Å². The van der Waals surface area contributed by atoms with E-state index in [9.17, 15) is 18.0 Å². The predicted molar refractivity (Wildman–Crippen MR) is 49.7 cm³/mol. The minimum atomic E-state index is -4.34. The molecule has 0 aromatic carbocycles. The molecular weight excluding hydrogens is 225 g/mol. The molecule has 0 saturated carbocycles. The highest BCUT2D eigenvalue weighted by Crippen LogP contribution is 2.18. The summed E-state index contributed by atoms with van der Waals surface area (Å²) in [5.74, 6) is -1.16. The highest BCUT2D eigenvalue weighted by atomic mass is 19.4. The van der Waals surface area contributed by atoms with Gasteiger partial charge >= 0.3 is 12.1 Å². The van der Waals surface area contributed by atoms with Gasteiger partial charge in [-0.1, -0.05) is 0 Å². The number of aliphatic carboxylic acids is 1. The number of alkyl halides is 3. The topological polar surface area (TPSA) is 55.1 Å². The molecule has 1 aromatic rings. The third-order valence-electron chi connectivity index (χ3n) is 1.73. The van der Waals surface area contributed by atoms with Gasteiger partial charge in [0.25, 0.3) is 0 Å². The molecule has 0 fully saturated rings. The summed E-state index contributed by atoms with van der Waals surface area (Å²) >= 11 is 0. The first-order chi connectivity index (χ1) is 7.28. The van der Waals surface area contributed by atoms with Crippen molar-refractivity contribution in [3.8, 4) is 0 Å². The lowest BCUT2D eigenvalue weighted by Crippen LogP contribution is -2.17. The molecule has 1 heterocycles. The second kappa shape index (κ2) is 4.38. The zero-order valence-electron chi connectivity index (χ0n) is 8.32. The Morgan fingerprint density at radius 2 is 2.25 bits per heavy atom. The van der Waals surface area contributed by atoms with Gasteiger partial charge in [0.15, 0.2) is 0 Å². The average Bonchev–Trinajstić information content (AvgIpc) is 2.39. The fraction of sp³-hybridized carbons (Fsp3) is 0.333. The molecule has 0 saturated heterocycles. The molecule has 16 heavy (non-hydrogen) atoms. The minimum absolute atomic E-state index is 0.349. The van der Waals surface area contributed by atoms with Gasteiger partial charge in [-0.3, -0.25) is 4.68 Å². The molecular formula is C9H9F3N2O2. The Morgan fingerprint density at radius 3 is 2.75 bits per heavy atom. The number of halogens is 3. The van der Waals surface area contributed by atoms with E-state index < -0.39 is 18.7 Å². The average molecular weight is 234 g/mol. The van der Waals surface area contributed by atoms with Crippen molar-refractivity contribution in [2.24, 2.45) is 0 Å². The van der Waals surface area contributed by atoms with Crippen LogP contribution in [0.5, 0.6) is 0 Å². The van der Waals surface area contributed by atoms with E-state index in [1.165, 1.54) is 13.0 Å².